The highest BCUT2D eigenvalue weighted by Crippen LogP contribution is 2.22. The maximum Gasteiger partial charge on any atom is 0.241 e. The van der Waals surface area contributed by atoms with Gasteiger partial charge in [0.25, 0.3) is 0 Å². The van der Waals surface area contributed by atoms with Crippen molar-refractivity contribution < 1.29 is 9.32 Å². The van der Waals surface area contributed by atoms with Crippen molar-refractivity contribution in [2.75, 3.05) is 59.4 Å². The average Bonchev–Trinajstić information content (AvgIpc) is 3.26. The number of aromatic nitrogens is 2. The van der Waals surface area contributed by atoms with Gasteiger partial charge in [-0.05, 0) is 51.5 Å². The van der Waals surface area contributed by atoms with Crippen LogP contribution in [0.15, 0.2) is 33.3 Å². The second-order valence-electron chi connectivity index (χ2n) is 8.89. The summed E-state index contributed by atoms with van der Waals surface area (Å²) in [6.07, 6.45) is 2.95. The highest BCUT2D eigenvalue weighted by molar-refractivity contribution is 9.10. The van der Waals surface area contributed by atoms with Crippen molar-refractivity contribution in [2.24, 2.45) is 5.92 Å². The number of hydrogen-bond donors (Lipinski definition) is 1. The number of piperazine rings is 1. The van der Waals surface area contributed by atoms with E-state index >= 15 is 0 Å². The van der Waals surface area contributed by atoms with Crippen molar-refractivity contribution in [3.63, 3.8) is 0 Å². The summed E-state index contributed by atoms with van der Waals surface area (Å²) >= 11 is 3.47. The van der Waals surface area contributed by atoms with Gasteiger partial charge in [-0.1, -0.05) is 33.2 Å². The van der Waals surface area contributed by atoms with Crippen LogP contribution in [0.4, 0.5) is 0 Å². The topological polar surface area (TPSA) is 77.7 Å². The van der Waals surface area contributed by atoms with Crippen LogP contribution in [0.2, 0.25) is 0 Å². The number of carbonyl (C=O) groups excluding carboxylic acids is 1. The molecule has 1 amide bonds. The molecule has 1 unspecified atom stereocenters. The molecule has 8 nitrogen and oxygen atoms in total. The lowest BCUT2D eigenvalue weighted by Gasteiger charge is -2.32. The van der Waals surface area contributed by atoms with Crippen molar-refractivity contribution in [2.45, 2.75) is 25.8 Å². The molecule has 1 aromatic carbocycles. The van der Waals surface area contributed by atoms with Gasteiger partial charge in [0.1, 0.15) is 0 Å². The van der Waals surface area contributed by atoms with E-state index in [1.807, 2.05) is 24.3 Å². The van der Waals surface area contributed by atoms with E-state index in [0.29, 0.717) is 18.3 Å². The summed E-state index contributed by atoms with van der Waals surface area (Å²) in [5.41, 5.74) is 0.918. The average molecular weight is 505 g/mol. The number of piperidine rings is 1. The van der Waals surface area contributed by atoms with Crippen LogP contribution in [-0.2, 0) is 11.3 Å². The Morgan fingerprint density at radius 1 is 1.22 bits per heavy atom. The van der Waals surface area contributed by atoms with Crippen molar-refractivity contribution in [1.82, 2.24) is 30.2 Å². The van der Waals surface area contributed by atoms with Gasteiger partial charge in [0, 0.05) is 49.3 Å². The summed E-state index contributed by atoms with van der Waals surface area (Å²) in [5, 5.41) is 7.28. The Labute approximate surface area is 198 Å². The third kappa shape index (κ3) is 6.60. The molecule has 0 bridgehead atoms. The van der Waals surface area contributed by atoms with Crippen LogP contribution in [0, 0.1) is 5.92 Å². The zero-order valence-corrected chi connectivity index (χ0v) is 20.4. The number of hydrogen-bond acceptors (Lipinski definition) is 7. The molecule has 2 saturated heterocycles. The molecule has 0 aliphatic carbocycles. The molecule has 1 aromatic heterocycles. The first kappa shape index (κ1) is 23.4. The summed E-state index contributed by atoms with van der Waals surface area (Å²) in [6, 6.07) is 7.86. The highest BCUT2D eigenvalue weighted by atomic mass is 79.9. The van der Waals surface area contributed by atoms with Gasteiger partial charge in [0.05, 0.1) is 12.5 Å². The third-order valence-corrected chi connectivity index (χ3v) is 6.83. The molecule has 174 valence electrons. The molecule has 4 rings (SSSR count). The van der Waals surface area contributed by atoms with Crippen LogP contribution >= 0.6 is 15.9 Å². The van der Waals surface area contributed by atoms with Gasteiger partial charge in [-0.25, -0.2) is 0 Å². The van der Waals surface area contributed by atoms with E-state index in [0.717, 1.165) is 81.7 Å². The Bertz CT molecular complexity index is 883. The van der Waals surface area contributed by atoms with E-state index in [1.165, 1.54) is 0 Å². The largest absolute Gasteiger partial charge is 0.356 e. The van der Waals surface area contributed by atoms with Crippen molar-refractivity contribution in [3.05, 3.63) is 34.6 Å². The smallest absolute Gasteiger partial charge is 0.241 e. The minimum absolute atomic E-state index is 0.0276. The van der Waals surface area contributed by atoms with Gasteiger partial charge in [0.15, 0.2) is 0 Å². The lowest BCUT2D eigenvalue weighted by molar-refractivity contribution is -0.126. The van der Waals surface area contributed by atoms with E-state index in [1.54, 1.807) is 0 Å². The molecule has 9 heteroatoms. The Balaban J connectivity index is 1.20. The summed E-state index contributed by atoms with van der Waals surface area (Å²) in [7, 11) is 2.17. The van der Waals surface area contributed by atoms with E-state index in [-0.39, 0.29) is 11.8 Å². The standard InChI is InChI=1S/C23H33BrN6O2/c1-28-11-13-29(14-12-28)10-4-8-25-23(31)19-6-3-9-30(16-19)17-21-26-22(27-32-21)18-5-2-7-20(24)15-18/h2,5,7,15,19H,3-4,6,8-14,16-17H2,1H3,(H,25,31). The maximum atomic E-state index is 12.7. The van der Waals surface area contributed by atoms with Crippen LogP contribution < -0.4 is 5.32 Å². The zero-order chi connectivity index (χ0) is 22.3. The molecule has 2 fully saturated rings. The Kier molecular flexibility index (Phi) is 8.29. The first-order valence-electron chi connectivity index (χ1n) is 11.6. The second-order valence-corrected chi connectivity index (χ2v) is 9.80. The van der Waals surface area contributed by atoms with E-state index in [4.69, 9.17) is 4.52 Å². The molecular formula is C23H33BrN6O2. The van der Waals surface area contributed by atoms with Crippen molar-refractivity contribution in [1.29, 1.82) is 0 Å². The summed E-state index contributed by atoms with van der Waals surface area (Å²) in [5.74, 6) is 1.38. The number of rotatable bonds is 8. The molecule has 3 heterocycles. The monoisotopic (exact) mass is 504 g/mol. The second kappa shape index (κ2) is 11.4. The molecular weight excluding hydrogens is 472 g/mol. The number of amides is 1. The first-order valence-corrected chi connectivity index (χ1v) is 12.4. The van der Waals surface area contributed by atoms with E-state index in [9.17, 15) is 4.79 Å². The van der Waals surface area contributed by atoms with Crippen molar-refractivity contribution in [3.8, 4) is 11.4 Å². The van der Waals surface area contributed by atoms with Crippen LogP contribution in [0.3, 0.4) is 0 Å². The van der Waals surface area contributed by atoms with Gasteiger partial charge in [-0.3, -0.25) is 9.69 Å². The highest BCUT2D eigenvalue weighted by Gasteiger charge is 2.27. The molecule has 2 aliphatic heterocycles. The molecule has 0 spiro atoms. The first-order chi connectivity index (χ1) is 15.6. The van der Waals surface area contributed by atoms with E-state index in [2.05, 4.69) is 53.1 Å². The fourth-order valence-electron chi connectivity index (χ4n) is 4.40. The van der Waals surface area contributed by atoms with Gasteiger partial charge in [0.2, 0.25) is 17.6 Å². The molecule has 32 heavy (non-hydrogen) atoms. The maximum absolute atomic E-state index is 12.7. The molecule has 2 aromatic rings. The number of likely N-dealkylation sites (tertiary alicyclic amines) is 1. The van der Waals surface area contributed by atoms with Gasteiger partial charge < -0.3 is 19.6 Å². The Morgan fingerprint density at radius 2 is 2.06 bits per heavy atom. The van der Waals surface area contributed by atoms with Crippen molar-refractivity contribution >= 4 is 21.8 Å². The van der Waals surface area contributed by atoms with Gasteiger partial charge in [-0.2, -0.15) is 4.98 Å². The zero-order valence-electron chi connectivity index (χ0n) is 18.8. The van der Waals surface area contributed by atoms with Gasteiger partial charge in [-0.15, -0.1) is 0 Å². The minimum atomic E-state index is 0.0276. The molecule has 1 atom stereocenters. The number of nitrogens with zero attached hydrogens (tertiary/aromatic N) is 5. The van der Waals surface area contributed by atoms with Crippen LogP contribution in [-0.4, -0.2) is 90.2 Å². The summed E-state index contributed by atoms with van der Waals surface area (Å²) in [6.45, 7) is 8.59. The predicted molar refractivity (Wildman–Crippen MR) is 127 cm³/mol. The fraction of sp³-hybridized carbons (Fsp3) is 0.609. The lowest BCUT2D eigenvalue weighted by Crippen LogP contribution is -2.45. The third-order valence-electron chi connectivity index (χ3n) is 6.33. The number of benzene rings is 1. The lowest BCUT2D eigenvalue weighted by atomic mass is 9.97. The van der Waals surface area contributed by atoms with Gasteiger partial charge >= 0.3 is 0 Å². The predicted octanol–water partition coefficient (Wildman–Crippen LogP) is 2.46. The summed E-state index contributed by atoms with van der Waals surface area (Å²) < 4.78 is 6.46. The normalized spacial score (nSPS) is 21.0. The number of carbonyl (C=O) groups is 1. The van der Waals surface area contributed by atoms with Crippen LogP contribution in [0.25, 0.3) is 11.4 Å². The Morgan fingerprint density at radius 3 is 2.88 bits per heavy atom. The van der Waals surface area contributed by atoms with E-state index < -0.39 is 0 Å². The molecule has 1 N–H and O–H groups in total. The SMILES string of the molecule is CN1CCN(CCCNC(=O)C2CCCN(Cc3nc(-c4cccc(Br)c4)no3)C2)CC1. The van der Waals surface area contributed by atoms with Crippen LogP contribution in [0.1, 0.15) is 25.2 Å². The Hall–Kier alpha value is -1.81. The molecule has 2 aliphatic rings. The molecule has 0 saturated carbocycles. The quantitative estimate of drug-likeness (QED) is 0.553. The van der Waals surface area contributed by atoms with Crippen LogP contribution in [0.5, 0.6) is 0 Å². The molecule has 0 radical (unpaired) electrons. The summed E-state index contributed by atoms with van der Waals surface area (Å²) in [4.78, 5) is 24.3. The fourth-order valence-corrected chi connectivity index (χ4v) is 4.80. The minimum Gasteiger partial charge on any atom is -0.356 e. The number of nitrogens with one attached hydrogen (secondary N) is 1. The number of likely N-dealkylation sites (N-methyl/N-ethyl adjacent to an activating group) is 1. The number of halogens is 1.